The van der Waals surface area contributed by atoms with Crippen LogP contribution in [0.2, 0.25) is 0 Å². The molecule has 1 rings (SSSR count). The van der Waals surface area contributed by atoms with Crippen LogP contribution in [0, 0.1) is 5.41 Å². The zero-order valence-electron chi connectivity index (χ0n) is 15.6. The average molecular weight is 328 g/mol. The molecule has 1 aliphatic rings. The minimum Gasteiger partial charge on any atom is -0.459 e. The number of ether oxygens (including phenoxy) is 3. The van der Waals surface area contributed by atoms with Crippen molar-refractivity contribution in [3.8, 4) is 0 Å². The van der Waals surface area contributed by atoms with E-state index in [4.69, 9.17) is 19.3 Å². The molecule has 0 aromatic carbocycles. The van der Waals surface area contributed by atoms with Crippen LogP contribution in [-0.2, 0) is 19.0 Å². The predicted molar refractivity (Wildman–Crippen MR) is 88.9 cm³/mol. The van der Waals surface area contributed by atoms with Crippen LogP contribution >= 0.6 is 0 Å². The van der Waals surface area contributed by atoms with Crippen molar-refractivity contribution < 1.29 is 24.1 Å². The highest BCUT2D eigenvalue weighted by atomic mass is 16.8. The van der Waals surface area contributed by atoms with Gasteiger partial charge in [0.15, 0.2) is 5.79 Å². The Morgan fingerprint density at radius 2 is 1.96 bits per heavy atom. The van der Waals surface area contributed by atoms with Crippen LogP contribution in [0.25, 0.3) is 0 Å². The lowest BCUT2D eigenvalue weighted by molar-refractivity contribution is -0.198. The van der Waals surface area contributed by atoms with E-state index in [0.717, 1.165) is 5.57 Å². The van der Waals surface area contributed by atoms with Gasteiger partial charge >= 0.3 is 5.97 Å². The van der Waals surface area contributed by atoms with Crippen LogP contribution in [0.1, 0.15) is 61.3 Å². The van der Waals surface area contributed by atoms with E-state index < -0.39 is 22.9 Å². The van der Waals surface area contributed by atoms with Gasteiger partial charge in [0, 0.05) is 0 Å². The van der Waals surface area contributed by atoms with Crippen molar-refractivity contribution in [3.05, 3.63) is 11.6 Å². The van der Waals surface area contributed by atoms with E-state index in [-0.39, 0.29) is 12.6 Å². The number of hydrogen-bond acceptors (Lipinski definition) is 5. The molecule has 5 heteroatoms. The highest BCUT2D eigenvalue weighted by molar-refractivity contribution is 5.75. The van der Waals surface area contributed by atoms with Gasteiger partial charge in [0.1, 0.15) is 11.7 Å². The molecule has 2 atom stereocenters. The van der Waals surface area contributed by atoms with Crippen LogP contribution in [-0.4, -0.2) is 41.8 Å². The molecule has 134 valence electrons. The van der Waals surface area contributed by atoms with Crippen molar-refractivity contribution in [1.29, 1.82) is 0 Å². The highest BCUT2D eigenvalue weighted by Crippen LogP contribution is 2.37. The Hall–Kier alpha value is -0.910. The van der Waals surface area contributed by atoms with Gasteiger partial charge in [-0.2, -0.15) is 0 Å². The Labute approximate surface area is 140 Å². The molecular weight excluding hydrogens is 296 g/mol. The van der Waals surface area contributed by atoms with E-state index in [9.17, 15) is 4.79 Å². The van der Waals surface area contributed by atoms with Crippen molar-refractivity contribution >= 4 is 5.97 Å². The monoisotopic (exact) mass is 328 g/mol. The van der Waals surface area contributed by atoms with Gasteiger partial charge in [-0.05, 0) is 61.3 Å². The lowest BCUT2D eigenvalue weighted by atomic mass is 9.93. The Morgan fingerprint density at radius 1 is 1.35 bits per heavy atom. The molecule has 0 spiro atoms. The van der Waals surface area contributed by atoms with E-state index in [1.54, 1.807) is 0 Å². The second kappa shape index (κ2) is 7.32. The molecule has 1 aliphatic heterocycles. The van der Waals surface area contributed by atoms with Crippen molar-refractivity contribution in [2.75, 3.05) is 13.2 Å². The minimum atomic E-state index is -0.683. The van der Waals surface area contributed by atoms with E-state index in [2.05, 4.69) is 0 Å². The van der Waals surface area contributed by atoms with Gasteiger partial charge in [-0.25, -0.2) is 0 Å². The van der Waals surface area contributed by atoms with Crippen molar-refractivity contribution in [2.24, 2.45) is 5.41 Å². The van der Waals surface area contributed by atoms with Gasteiger partial charge in [0.05, 0.1) is 18.6 Å². The van der Waals surface area contributed by atoms with Crippen LogP contribution in [0.5, 0.6) is 0 Å². The number of carbonyl (C=O) groups excluding carboxylic acids is 1. The van der Waals surface area contributed by atoms with Gasteiger partial charge < -0.3 is 19.3 Å². The van der Waals surface area contributed by atoms with Crippen LogP contribution in [0.3, 0.4) is 0 Å². The Balaban J connectivity index is 2.86. The summed E-state index contributed by atoms with van der Waals surface area (Å²) in [5, 5.41) is 9.08. The third-order valence-corrected chi connectivity index (χ3v) is 3.90. The summed E-state index contributed by atoms with van der Waals surface area (Å²) < 4.78 is 17.5. The normalized spacial score (nSPS) is 26.2. The number of rotatable bonds is 6. The maximum Gasteiger partial charge on any atom is 0.311 e. The first-order valence-corrected chi connectivity index (χ1v) is 8.21. The molecule has 1 saturated heterocycles. The molecule has 0 bridgehead atoms. The molecule has 0 amide bonds. The number of aliphatic hydroxyl groups is 1. The smallest absolute Gasteiger partial charge is 0.311 e. The summed E-state index contributed by atoms with van der Waals surface area (Å²) in [6.45, 7) is 13.4. The highest BCUT2D eigenvalue weighted by Gasteiger charge is 2.49. The number of hydrogen-bond donors (Lipinski definition) is 1. The summed E-state index contributed by atoms with van der Waals surface area (Å²) in [6, 6.07) is 0. The standard InChI is InChI=1S/C18H32O5/c1-13(11-19)9-8-10-14(22-15(20)16(2,3)4)18(7)12-21-17(5,6)23-18/h9,14,19H,8,10-12H2,1-7H3/b13-9+/t14-,18+/m0/s1. The predicted octanol–water partition coefficient (Wildman–Crippen LogP) is 3.20. The molecule has 0 radical (unpaired) electrons. The summed E-state index contributed by atoms with van der Waals surface area (Å²) in [5.74, 6) is -0.933. The van der Waals surface area contributed by atoms with Gasteiger partial charge in [0.2, 0.25) is 0 Å². The second-order valence-corrected chi connectivity index (χ2v) is 8.03. The maximum absolute atomic E-state index is 12.3. The van der Waals surface area contributed by atoms with Crippen LogP contribution in [0.15, 0.2) is 11.6 Å². The van der Waals surface area contributed by atoms with Gasteiger partial charge in [-0.1, -0.05) is 11.6 Å². The molecule has 5 nitrogen and oxygen atoms in total. The molecule has 0 saturated carbocycles. The molecule has 1 heterocycles. The Morgan fingerprint density at radius 3 is 2.39 bits per heavy atom. The molecule has 1 fully saturated rings. The van der Waals surface area contributed by atoms with E-state index >= 15 is 0 Å². The second-order valence-electron chi connectivity index (χ2n) is 8.03. The maximum atomic E-state index is 12.3. The topological polar surface area (TPSA) is 65.0 Å². The van der Waals surface area contributed by atoms with E-state index in [0.29, 0.717) is 19.4 Å². The fourth-order valence-electron chi connectivity index (χ4n) is 2.44. The summed E-state index contributed by atoms with van der Waals surface area (Å²) in [4.78, 5) is 12.3. The summed E-state index contributed by atoms with van der Waals surface area (Å²) >= 11 is 0. The molecule has 0 unspecified atom stereocenters. The van der Waals surface area contributed by atoms with Crippen LogP contribution in [0.4, 0.5) is 0 Å². The molecule has 0 aliphatic carbocycles. The lowest BCUT2D eigenvalue weighted by Crippen LogP contribution is -2.47. The van der Waals surface area contributed by atoms with E-state index in [1.165, 1.54) is 0 Å². The number of esters is 1. The first-order chi connectivity index (χ1) is 10.4. The largest absolute Gasteiger partial charge is 0.459 e. The lowest BCUT2D eigenvalue weighted by Gasteiger charge is -2.34. The molecule has 23 heavy (non-hydrogen) atoms. The van der Waals surface area contributed by atoms with Crippen molar-refractivity contribution in [2.45, 2.75) is 78.8 Å². The quantitative estimate of drug-likeness (QED) is 0.599. The van der Waals surface area contributed by atoms with E-state index in [1.807, 2.05) is 54.5 Å². The molecular formula is C18H32O5. The Bertz CT molecular complexity index is 447. The summed E-state index contributed by atoms with van der Waals surface area (Å²) in [7, 11) is 0. The Kier molecular flexibility index (Phi) is 6.41. The van der Waals surface area contributed by atoms with Crippen molar-refractivity contribution in [3.63, 3.8) is 0 Å². The molecule has 0 aromatic rings. The molecule has 1 N–H and O–H groups in total. The SMILES string of the molecule is C/C(=C\CC[C@H](OC(=O)C(C)(C)C)[C@@]1(C)COC(C)(C)O1)CO. The number of carbonyl (C=O) groups is 1. The summed E-state index contributed by atoms with van der Waals surface area (Å²) in [6.07, 6.45) is 2.88. The fraction of sp³-hybridized carbons (Fsp3) is 0.833. The zero-order valence-corrected chi connectivity index (χ0v) is 15.6. The van der Waals surface area contributed by atoms with Crippen molar-refractivity contribution in [1.82, 2.24) is 0 Å². The third-order valence-electron chi connectivity index (χ3n) is 3.90. The molecule has 0 aromatic heterocycles. The fourth-order valence-corrected chi connectivity index (χ4v) is 2.44. The van der Waals surface area contributed by atoms with Crippen LogP contribution < -0.4 is 0 Å². The van der Waals surface area contributed by atoms with Gasteiger partial charge in [-0.3, -0.25) is 4.79 Å². The first kappa shape index (κ1) is 20.1. The van der Waals surface area contributed by atoms with Gasteiger partial charge in [-0.15, -0.1) is 0 Å². The van der Waals surface area contributed by atoms with Gasteiger partial charge in [0.25, 0.3) is 0 Å². The average Bonchev–Trinajstić information content (AvgIpc) is 2.71. The minimum absolute atomic E-state index is 0.0381. The zero-order chi connectivity index (χ0) is 17.9. The first-order valence-electron chi connectivity index (χ1n) is 8.21. The number of aliphatic hydroxyl groups excluding tert-OH is 1. The number of allylic oxidation sites excluding steroid dienone is 1. The third kappa shape index (κ3) is 5.90. The summed E-state index contributed by atoms with van der Waals surface area (Å²) in [5.41, 5.74) is -0.341.